The van der Waals surface area contributed by atoms with Crippen LogP contribution in [0.3, 0.4) is 0 Å². The number of nitrogens with zero attached hydrogens (tertiary/aromatic N) is 3. The summed E-state index contributed by atoms with van der Waals surface area (Å²) in [6, 6.07) is 4.62. The Hall–Kier alpha value is -2.83. The van der Waals surface area contributed by atoms with Gasteiger partial charge in [0.2, 0.25) is 5.95 Å². The van der Waals surface area contributed by atoms with E-state index >= 15 is 0 Å². The zero-order valence-corrected chi connectivity index (χ0v) is 9.83. The number of benzene rings is 1. The number of phenolic OH excluding ortho intramolecular Hbond substituents is 2. The van der Waals surface area contributed by atoms with Crippen LogP contribution in [0.2, 0.25) is 0 Å². The second-order valence-corrected chi connectivity index (χ2v) is 4.01. The lowest BCUT2D eigenvalue weighted by molar-refractivity contribution is 0.403. The first-order valence-corrected chi connectivity index (χ1v) is 5.63. The highest BCUT2D eigenvalue weighted by Gasteiger charge is 2.03. The van der Waals surface area contributed by atoms with Crippen molar-refractivity contribution in [1.29, 1.82) is 0 Å². The molecule has 0 spiro atoms. The first-order chi connectivity index (χ1) is 9.22. The fraction of sp³-hybridized carbons (Fsp3) is 0.0833. The fourth-order valence-corrected chi connectivity index (χ4v) is 1.68. The van der Waals surface area contributed by atoms with Crippen molar-refractivity contribution in [3.63, 3.8) is 0 Å². The number of imidazole rings is 1. The molecule has 0 aliphatic rings. The molecule has 3 aromatic rings. The molecular weight excluding hydrogens is 246 g/mol. The van der Waals surface area contributed by atoms with Crippen LogP contribution in [0, 0.1) is 0 Å². The molecule has 4 N–H and O–H groups in total. The minimum atomic E-state index is -0.150. The van der Waals surface area contributed by atoms with Crippen molar-refractivity contribution in [2.24, 2.45) is 0 Å². The summed E-state index contributed by atoms with van der Waals surface area (Å²) < 4.78 is 0. The number of phenols is 2. The van der Waals surface area contributed by atoms with Crippen molar-refractivity contribution in [2.75, 3.05) is 5.32 Å². The molecule has 19 heavy (non-hydrogen) atoms. The predicted octanol–water partition coefficient (Wildman–Crippen LogP) is 1.38. The van der Waals surface area contributed by atoms with Crippen LogP contribution >= 0.6 is 0 Å². The molecule has 0 amide bonds. The SMILES string of the molecule is Oc1ccc(CNc2ncc3[nH]cnc3n2)cc1O. The number of rotatable bonds is 3. The Kier molecular flexibility index (Phi) is 2.64. The summed E-state index contributed by atoms with van der Waals surface area (Å²) in [7, 11) is 0. The molecule has 7 heteroatoms. The van der Waals surface area contributed by atoms with Gasteiger partial charge in [-0.1, -0.05) is 6.07 Å². The van der Waals surface area contributed by atoms with Gasteiger partial charge in [-0.05, 0) is 17.7 Å². The summed E-state index contributed by atoms with van der Waals surface area (Å²) in [5.74, 6) is 0.160. The first kappa shape index (κ1) is 11.3. The minimum Gasteiger partial charge on any atom is -0.504 e. The van der Waals surface area contributed by atoms with E-state index in [0.717, 1.165) is 11.1 Å². The van der Waals surface area contributed by atoms with Crippen LogP contribution < -0.4 is 5.32 Å². The van der Waals surface area contributed by atoms with Gasteiger partial charge in [0, 0.05) is 6.54 Å². The number of hydrogen-bond acceptors (Lipinski definition) is 6. The predicted molar refractivity (Wildman–Crippen MR) is 68.8 cm³/mol. The van der Waals surface area contributed by atoms with Gasteiger partial charge in [0.15, 0.2) is 17.1 Å². The molecule has 2 aromatic heterocycles. The van der Waals surface area contributed by atoms with E-state index < -0.39 is 0 Å². The molecule has 0 unspecified atom stereocenters. The number of fused-ring (bicyclic) bond motifs is 1. The van der Waals surface area contributed by atoms with Crippen molar-refractivity contribution < 1.29 is 10.2 Å². The third kappa shape index (κ3) is 2.25. The second kappa shape index (κ2) is 4.45. The van der Waals surface area contributed by atoms with Crippen LogP contribution in [0.25, 0.3) is 11.2 Å². The Balaban J connectivity index is 1.75. The number of aromatic hydroxyl groups is 2. The van der Waals surface area contributed by atoms with Crippen molar-refractivity contribution >= 4 is 17.1 Å². The van der Waals surface area contributed by atoms with Gasteiger partial charge >= 0.3 is 0 Å². The van der Waals surface area contributed by atoms with Crippen molar-refractivity contribution in [1.82, 2.24) is 19.9 Å². The lowest BCUT2D eigenvalue weighted by Crippen LogP contribution is -2.03. The van der Waals surface area contributed by atoms with Gasteiger partial charge < -0.3 is 20.5 Å². The van der Waals surface area contributed by atoms with E-state index in [2.05, 4.69) is 25.3 Å². The number of nitrogens with one attached hydrogen (secondary N) is 2. The molecule has 0 aliphatic carbocycles. The fourth-order valence-electron chi connectivity index (χ4n) is 1.68. The number of aromatic amines is 1. The molecule has 0 fully saturated rings. The Morgan fingerprint density at radius 2 is 2.05 bits per heavy atom. The standard InChI is InChI=1S/C12H11N5O2/c18-9-2-1-7(3-10(9)19)4-13-12-14-5-8-11(17-12)16-6-15-8/h1-3,5-6,18-19H,4H2,(H2,13,14,15,16,17). The smallest absolute Gasteiger partial charge is 0.225 e. The topological polar surface area (TPSA) is 107 Å². The number of anilines is 1. The van der Waals surface area contributed by atoms with Crippen molar-refractivity contribution in [2.45, 2.75) is 6.54 Å². The van der Waals surface area contributed by atoms with E-state index in [4.69, 9.17) is 0 Å². The van der Waals surface area contributed by atoms with Gasteiger partial charge in [-0.3, -0.25) is 0 Å². The quantitative estimate of drug-likeness (QED) is 0.528. The van der Waals surface area contributed by atoms with Gasteiger partial charge in [-0.2, -0.15) is 4.98 Å². The largest absolute Gasteiger partial charge is 0.504 e. The van der Waals surface area contributed by atoms with Crippen LogP contribution in [0.4, 0.5) is 5.95 Å². The van der Waals surface area contributed by atoms with Crippen LogP contribution in [0.5, 0.6) is 11.5 Å². The number of aromatic nitrogens is 4. The third-order valence-electron chi connectivity index (χ3n) is 2.67. The van der Waals surface area contributed by atoms with Crippen LogP contribution in [-0.2, 0) is 6.54 Å². The Morgan fingerprint density at radius 3 is 2.89 bits per heavy atom. The molecule has 96 valence electrons. The molecule has 3 rings (SSSR count). The molecule has 0 atom stereocenters. The van der Waals surface area contributed by atoms with E-state index in [0.29, 0.717) is 18.1 Å². The molecule has 0 saturated carbocycles. The number of H-pyrrole nitrogens is 1. The third-order valence-corrected chi connectivity index (χ3v) is 2.67. The van der Waals surface area contributed by atoms with Gasteiger partial charge in [-0.25, -0.2) is 9.97 Å². The van der Waals surface area contributed by atoms with Crippen molar-refractivity contribution in [3.05, 3.63) is 36.3 Å². The van der Waals surface area contributed by atoms with Gasteiger partial charge in [-0.15, -0.1) is 0 Å². The molecule has 2 heterocycles. The van der Waals surface area contributed by atoms with E-state index in [1.165, 1.54) is 12.1 Å². The summed E-state index contributed by atoms with van der Waals surface area (Å²) in [6.45, 7) is 0.434. The lowest BCUT2D eigenvalue weighted by atomic mass is 10.2. The van der Waals surface area contributed by atoms with Crippen LogP contribution in [0.15, 0.2) is 30.7 Å². The van der Waals surface area contributed by atoms with E-state index in [1.54, 1.807) is 18.6 Å². The highest BCUT2D eigenvalue weighted by molar-refractivity contribution is 5.69. The molecular formula is C12H11N5O2. The molecule has 0 aliphatic heterocycles. The summed E-state index contributed by atoms with van der Waals surface area (Å²) in [5.41, 5.74) is 2.17. The summed E-state index contributed by atoms with van der Waals surface area (Å²) in [4.78, 5) is 15.3. The van der Waals surface area contributed by atoms with E-state index in [1.807, 2.05) is 0 Å². The minimum absolute atomic E-state index is 0.141. The van der Waals surface area contributed by atoms with Gasteiger partial charge in [0.05, 0.1) is 12.5 Å². The molecule has 0 saturated heterocycles. The van der Waals surface area contributed by atoms with Crippen LogP contribution in [0.1, 0.15) is 5.56 Å². The Bertz CT molecular complexity index is 725. The molecule has 0 radical (unpaired) electrons. The Labute approximate surface area is 108 Å². The summed E-state index contributed by atoms with van der Waals surface area (Å²) >= 11 is 0. The average molecular weight is 257 g/mol. The highest BCUT2D eigenvalue weighted by atomic mass is 16.3. The van der Waals surface area contributed by atoms with Crippen LogP contribution in [-0.4, -0.2) is 30.1 Å². The zero-order chi connectivity index (χ0) is 13.2. The lowest BCUT2D eigenvalue weighted by Gasteiger charge is -2.05. The first-order valence-electron chi connectivity index (χ1n) is 5.63. The summed E-state index contributed by atoms with van der Waals surface area (Å²) in [5, 5.41) is 21.6. The van der Waals surface area contributed by atoms with Crippen molar-refractivity contribution in [3.8, 4) is 11.5 Å². The number of hydrogen-bond donors (Lipinski definition) is 4. The monoisotopic (exact) mass is 257 g/mol. The maximum Gasteiger partial charge on any atom is 0.225 e. The second-order valence-electron chi connectivity index (χ2n) is 4.01. The molecule has 7 nitrogen and oxygen atoms in total. The maximum absolute atomic E-state index is 9.39. The van der Waals surface area contributed by atoms with Gasteiger partial charge in [0.25, 0.3) is 0 Å². The molecule has 0 bridgehead atoms. The zero-order valence-electron chi connectivity index (χ0n) is 9.83. The summed E-state index contributed by atoms with van der Waals surface area (Å²) in [6.07, 6.45) is 3.20. The van der Waals surface area contributed by atoms with Gasteiger partial charge in [0.1, 0.15) is 5.52 Å². The molecule has 1 aromatic carbocycles. The Morgan fingerprint density at radius 1 is 1.16 bits per heavy atom. The average Bonchev–Trinajstić information content (AvgIpc) is 2.87. The maximum atomic E-state index is 9.39. The normalized spacial score (nSPS) is 10.7. The highest BCUT2D eigenvalue weighted by Crippen LogP contribution is 2.25. The van der Waals surface area contributed by atoms with E-state index in [-0.39, 0.29) is 11.5 Å². The van der Waals surface area contributed by atoms with E-state index in [9.17, 15) is 10.2 Å².